The second-order valence-electron chi connectivity index (χ2n) is 3.72. The lowest BCUT2D eigenvalue weighted by molar-refractivity contribution is 0.102. The molecule has 0 saturated carbocycles. The summed E-state index contributed by atoms with van der Waals surface area (Å²) in [5.74, 6) is -4.85. The number of hydrogen-bond acceptors (Lipinski definition) is 2. The number of benzene rings is 2. The Morgan fingerprint density at radius 2 is 1.79 bits per heavy atom. The average Bonchev–Trinajstić information content (AvgIpc) is 2.37. The number of halogens is 3. The van der Waals surface area contributed by atoms with Gasteiger partial charge >= 0.3 is 0 Å². The van der Waals surface area contributed by atoms with Crippen LogP contribution in [0.4, 0.5) is 18.9 Å². The molecule has 0 spiro atoms. The molecule has 0 aliphatic carbocycles. The molecular formula is C13H8F3NO2. The molecule has 6 heteroatoms. The van der Waals surface area contributed by atoms with Gasteiger partial charge < -0.3 is 10.4 Å². The Bertz CT molecular complexity index is 644. The molecule has 2 aromatic rings. The molecule has 0 saturated heterocycles. The molecule has 0 radical (unpaired) electrons. The van der Waals surface area contributed by atoms with Crippen molar-refractivity contribution < 1.29 is 23.1 Å². The highest BCUT2D eigenvalue weighted by Gasteiger charge is 2.15. The van der Waals surface area contributed by atoms with E-state index in [0.717, 1.165) is 24.3 Å². The Morgan fingerprint density at radius 3 is 2.47 bits per heavy atom. The first kappa shape index (κ1) is 12.9. The number of carbonyl (C=O) groups excluding carboxylic acids is 1. The highest BCUT2D eigenvalue weighted by molar-refractivity contribution is 6.04. The van der Waals surface area contributed by atoms with Gasteiger partial charge in [-0.1, -0.05) is 6.07 Å². The molecule has 0 fully saturated rings. The monoisotopic (exact) mass is 267 g/mol. The molecule has 3 nitrogen and oxygen atoms in total. The van der Waals surface area contributed by atoms with Gasteiger partial charge in [-0.05, 0) is 24.3 Å². The van der Waals surface area contributed by atoms with Crippen LogP contribution in [0.2, 0.25) is 0 Å². The summed E-state index contributed by atoms with van der Waals surface area (Å²) in [6, 6.07) is 6.30. The Hall–Kier alpha value is -2.50. The van der Waals surface area contributed by atoms with Gasteiger partial charge in [-0.3, -0.25) is 4.79 Å². The minimum Gasteiger partial charge on any atom is -0.505 e. The maximum atomic E-state index is 13.3. The minimum absolute atomic E-state index is 0.0176. The van der Waals surface area contributed by atoms with Gasteiger partial charge in [0.15, 0.2) is 23.2 Å². The van der Waals surface area contributed by atoms with E-state index in [-0.39, 0.29) is 5.69 Å². The number of nitrogens with one attached hydrogen (secondary N) is 1. The Labute approximate surface area is 106 Å². The highest BCUT2D eigenvalue weighted by atomic mass is 19.2. The number of anilines is 1. The molecule has 98 valence electrons. The van der Waals surface area contributed by atoms with E-state index in [9.17, 15) is 18.0 Å². The van der Waals surface area contributed by atoms with E-state index < -0.39 is 34.7 Å². The van der Waals surface area contributed by atoms with Gasteiger partial charge in [0.1, 0.15) is 0 Å². The third-order valence-corrected chi connectivity index (χ3v) is 2.40. The van der Waals surface area contributed by atoms with E-state index in [1.165, 1.54) is 12.1 Å². The summed E-state index contributed by atoms with van der Waals surface area (Å²) in [7, 11) is 0. The summed E-state index contributed by atoms with van der Waals surface area (Å²) in [6.45, 7) is 0. The van der Waals surface area contributed by atoms with Gasteiger partial charge in [0, 0.05) is 11.8 Å². The molecule has 0 aliphatic heterocycles. The van der Waals surface area contributed by atoms with Crippen LogP contribution in [-0.2, 0) is 0 Å². The zero-order valence-electron chi connectivity index (χ0n) is 9.45. The largest absolute Gasteiger partial charge is 0.505 e. The Balaban J connectivity index is 2.26. The van der Waals surface area contributed by atoms with Gasteiger partial charge in [0.05, 0.1) is 5.56 Å². The summed E-state index contributed by atoms with van der Waals surface area (Å²) in [5.41, 5.74) is -0.475. The maximum Gasteiger partial charge on any atom is 0.258 e. The van der Waals surface area contributed by atoms with Crippen molar-refractivity contribution in [3.8, 4) is 5.75 Å². The van der Waals surface area contributed by atoms with Gasteiger partial charge in [-0.2, -0.15) is 0 Å². The van der Waals surface area contributed by atoms with Crippen LogP contribution in [0.25, 0.3) is 0 Å². The van der Waals surface area contributed by atoms with Crippen molar-refractivity contribution in [1.29, 1.82) is 0 Å². The molecule has 0 unspecified atom stereocenters. The van der Waals surface area contributed by atoms with Crippen LogP contribution >= 0.6 is 0 Å². The van der Waals surface area contributed by atoms with Crippen molar-refractivity contribution in [3.05, 3.63) is 59.4 Å². The minimum atomic E-state index is -1.28. The lowest BCUT2D eigenvalue weighted by Gasteiger charge is -2.07. The SMILES string of the molecule is O=C(Nc1ccc(O)c(F)c1)c1cccc(F)c1F. The van der Waals surface area contributed by atoms with Crippen molar-refractivity contribution in [1.82, 2.24) is 0 Å². The predicted octanol–water partition coefficient (Wildman–Crippen LogP) is 3.06. The Kier molecular flexibility index (Phi) is 3.41. The van der Waals surface area contributed by atoms with E-state index in [0.29, 0.717) is 0 Å². The van der Waals surface area contributed by atoms with E-state index in [1.54, 1.807) is 0 Å². The maximum absolute atomic E-state index is 13.3. The fraction of sp³-hybridized carbons (Fsp3) is 0. The first-order valence-electron chi connectivity index (χ1n) is 5.23. The van der Waals surface area contributed by atoms with Gasteiger partial charge in [-0.25, -0.2) is 13.2 Å². The van der Waals surface area contributed by atoms with Crippen molar-refractivity contribution in [2.75, 3.05) is 5.32 Å². The molecule has 2 aromatic carbocycles. The molecule has 0 bridgehead atoms. The molecule has 0 heterocycles. The van der Waals surface area contributed by atoms with E-state index in [1.807, 2.05) is 0 Å². The average molecular weight is 267 g/mol. The number of rotatable bonds is 2. The van der Waals surface area contributed by atoms with Crippen molar-refractivity contribution in [2.24, 2.45) is 0 Å². The van der Waals surface area contributed by atoms with E-state index >= 15 is 0 Å². The summed E-state index contributed by atoms with van der Waals surface area (Å²) in [5, 5.41) is 11.2. The van der Waals surface area contributed by atoms with Crippen molar-refractivity contribution in [3.63, 3.8) is 0 Å². The summed E-state index contributed by atoms with van der Waals surface area (Å²) >= 11 is 0. The zero-order valence-corrected chi connectivity index (χ0v) is 9.45. The first-order valence-corrected chi connectivity index (χ1v) is 5.23. The summed E-state index contributed by atoms with van der Waals surface area (Å²) in [6.07, 6.45) is 0. The molecule has 0 aromatic heterocycles. The topological polar surface area (TPSA) is 49.3 Å². The molecule has 2 N–H and O–H groups in total. The van der Waals surface area contributed by atoms with Crippen LogP contribution in [0.5, 0.6) is 5.75 Å². The molecule has 0 atom stereocenters. The van der Waals surface area contributed by atoms with Crippen LogP contribution in [0.1, 0.15) is 10.4 Å². The highest BCUT2D eigenvalue weighted by Crippen LogP contribution is 2.20. The van der Waals surface area contributed by atoms with Gasteiger partial charge in [0.2, 0.25) is 0 Å². The number of phenols is 1. The quantitative estimate of drug-likeness (QED) is 0.821. The molecule has 1 amide bonds. The normalized spacial score (nSPS) is 10.3. The summed E-state index contributed by atoms with van der Waals surface area (Å²) in [4.78, 5) is 11.7. The number of aromatic hydroxyl groups is 1. The summed E-state index contributed by atoms with van der Waals surface area (Å²) < 4.78 is 39.3. The van der Waals surface area contributed by atoms with Gasteiger partial charge in [-0.15, -0.1) is 0 Å². The number of carbonyl (C=O) groups is 1. The molecule has 19 heavy (non-hydrogen) atoms. The fourth-order valence-electron chi connectivity index (χ4n) is 1.46. The van der Waals surface area contributed by atoms with Crippen LogP contribution in [0.3, 0.4) is 0 Å². The van der Waals surface area contributed by atoms with Crippen molar-refractivity contribution >= 4 is 11.6 Å². The van der Waals surface area contributed by atoms with Gasteiger partial charge in [0.25, 0.3) is 5.91 Å². The zero-order chi connectivity index (χ0) is 14.0. The molecule has 2 rings (SSSR count). The second kappa shape index (κ2) is 5.01. The number of hydrogen-bond donors (Lipinski definition) is 2. The smallest absolute Gasteiger partial charge is 0.258 e. The lowest BCUT2D eigenvalue weighted by atomic mass is 10.2. The predicted molar refractivity (Wildman–Crippen MR) is 62.4 cm³/mol. The molecular weight excluding hydrogens is 259 g/mol. The number of phenolic OH excluding ortho intramolecular Hbond substituents is 1. The third-order valence-electron chi connectivity index (χ3n) is 2.40. The lowest BCUT2D eigenvalue weighted by Crippen LogP contribution is -2.14. The fourth-order valence-corrected chi connectivity index (χ4v) is 1.46. The first-order chi connectivity index (χ1) is 8.99. The number of amides is 1. The van der Waals surface area contributed by atoms with Crippen molar-refractivity contribution in [2.45, 2.75) is 0 Å². The second-order valence-corrected chi connectivity index (χ2v) is 3.72. The van der Waals surface area contributed by atoms with Crippen LogP contribution in [-0.4, -0.2) is 11.0 Å². The molecule has 0 aliphatic rings. The van der Waals surface area contributed by atoms with Crippen LogP contribution in [0.15, 0.2) is 36.4 Å². The Morgan fingerprint density at radius 1 is 1.05 bits per heavy atom. The van der Waals surface area contributed by atoms with Crippen LogP contribution in [0, 0.1) is 17.5 Å². The van der Waals surface area contributed by atoms with Crippen LogP contribution < -0.4 is 5.32 Å². The third kappa shape index (κ3) is 2.67. The van der Waals surface area contributed by atoms with E-state index in [4.69, 9.17) is 5.11 Å². The standard InChI is InChI=1S/C13H8F3NO2/c14-9-3-1-2-8(12(9)16)13(19)17-7-4-5-11(18)10(15)6-7/h1-6,18H,(H,17,19). The van der Waals surface area contributed by atoms with E-state index in [2.05, 4.69) is 5.32 Å².